The zero-order chi connectivity index (χ0) is 25.1. The lowest BCUT2D eigenvalue weighted by Crippen LogP contribution is -2.26. The number of aromatic nitrogens is 2. The van der Waals surface area contributed by atoms with Crippen LogP contribution in [0.3, 0.4) is 0 Å². The Morgan fingerprint density at radius 3 is 2.11 bits per heavy atom. The van der Waals surface area contributed by atoms with Crippen molar-refractivity contribution < 1.29 is 0 Å². The van der Waals surface area contributed by atoms with Crippen molar-refractivity contribution in [2.24, 2.45) is 0 Å². The molecule has 1 aromatic heterocycles. The molecule has 4 aromatic carbocycles. The van der Waals surface area contributed by atoms with Crippen LogP contribution in [-0.4, -0.2) is 15.8 Å². The summed E-state index contributed by atoms with van der Waals surface area (Å²) < 4.78 is 1.45. The third-order valence-electron chi connectivity index (χ3n) is 5.70. The Balaban J connectivity index is 1.74. The normalized spacial score (nSPS) is 10.7. The summed E-state index contributed by atoms with van der Waals surface area (Å²) in [5.74, 6) is 0.612. The van der Waals surface area contributed by atoms with Gasteiger partial charge in [0.05, 0.1) is 10.7 Å². The van der Waals surface area contributed by atoms with Crippen LogP contribution in [0.4, 0.5) is 11.5 Å². The summed E-state index contributed by atoms with van der Waals surface area (Å²) in [6.07, 6.45) is 1.01. The van der Waals surface area contributed by atoms with Crippen LogP contribution < -0.4 is 10.9 Å². The maximum Gasteiger partial charge on any atom is 0.269 e. The number of nitrogens with one attached hydrogen (secondary N) is 2. The second kappa shape index (κ2) is 10.2. The van der Waals surface area contributed by atoms with Gasteiger partial charge in [0.25, 0.3) is 5.56 Å². The summed E-state index contributed by atoms with van der Waals surface area (Å²) in [5, 5.41) is 12.1. The Bertz CT molecular complexity index is 1600. The summed E-state index contributed by atoms with van der Waals surface area (Å²) in [7, 11) is 0. The van der Waals surface area contributed by atoms with E-state index in [1.807, 2.05) is 78.9 Å². The van der Waals surface area contributed by atoms with Crippen molar-refractivity contribution in [3.63, 3.8) is 0 Å². The highest BCUT2D eigenvalue weighted by molar-refractivity contribution is 6.33. The van der Waals surface area contributed by atoms with E-state index >= 15 is 0 Å². The number of hydrogen-bond acceptors (Lipinski definition) is 4. The number of rotatable bonds is 6. The van der Waals surface area contributed by atoms with Crippen LogP contribution in [-0.2, 0) is 0 Å². The van der Waals surface area contributed by atoms with Gasteiger partial charge in [0.1, 0.15) is 11.4 Å². The first kappa shape index (κ1) is 23.5. The van der Waals surface area contributed by atoms with E-state index in [0.717, 1.165) is 23.0 Å². The molecule has 1 heterocycles. The Morgan fingerprint density at radius 2 is 1.47 bits per heavy atom. The molecule has 0 bridgehead atoms. The van der Waals surface area contributed by atoms with Crippen molar-refractivity contribution in [3.8, 4) is 28.2 Å². The molecule has 0 spiro atoms. The molecule has 5 rings (SSSR count). The molecule has 0 fully saturated rings. The summed E-state index contributed by atoms with van der Waals surface area (Å²) in [4.78, 5) is 18.6. The Kier molecular flexibility index (Phi) is 6.67. The van der Waals surface area contributed by atoms with Gasteiger partial charge < -0.3 is 10.7 Å². The molecule has 0 aliphatic heterocycles. The highest BCUT2D eigenvalue weighted by Gasteiger charge is 2.20. The molecule has 0 unspecified atom stereocenters. The van der Waals surface area contributed by atoms with E-state index in [1.165, 1.54) is 4.57 Å². The number of nitrogens with zero attached hydrogens (tertiary/aromatic N) is 2. The molecule has 7 heteroatoms. The van der Waals surface area contributed by atoms with Crippen LogP contribution in [0.1, 0.15) is 5.56 Å². The molecule has 0 aliphatic rings. The van der Waals surface area contributed by atoms with Crippen molar-refractivity contribution in [2.45, 2.75) is 0 Å². The second-order valence-corrected chi connectivity index (χ2v) is 8.85. The largest absolute Gasteiger partial charge is 0.339 e. The molecule has 2 N–H and O–H groups in total. The lowest BCUT2D eigenvalue weighted by molar-refractivity contribution is 0.948. The molecule has 0 saturated carbocycles. The minimum absolute atomic E-state index is 0.120. The zero-order valence-corrected chi connectivity index (χ0v) is 20.5. The van der Waals surface area contributed by atoms with Crippen LogP contribution >= 0.6 is 23.2 Å². The fraction of sp³-hybridized carbons (Fsp3) is 0. The molecule has 5 aromatic rings. The van der Waals surface area contributed by atoms with Gasteiger partial charge in [-0.2, -0.15) is 0 Å². The number of anilines is 2. The minimum atomic E-state index is -0.404. The third-order valence-corrected chi connectivity index (χ3v) is 6.27. The lowest BCUT2D eigenvalue weighted by Gasteiger charge is -2.18. The van der Waals surface area contributed by atoms with Gasteiger partial charge in [-0.3, -0.25) is 9.36 Å². The molecule has 0 atom stereocenters. The smallest absolute Gasteiger partial charge is 0.269 e. The highest BCUT2D eigenvalue weighted by Crippen LogP contribution is 2.33. The molecule has 0 radical (unpaired) electrons. The predicted octanol–water partition coefficient (Wildman–Crippen LogP) is 7.61. The fourth-order valence-corrected chi connectivity index (χ4v) is 4.33. The van der Waals surface area contributed by atoms with E-state index < -0.39 is 5.56 Å². The fourth-order valence-electron chi connectivity index (χ4n) is 3.93. The molecule has 0 saturated heterocycles. The van der Waals surface area contributed by atoms with Crippen LogP contribution in [0.5, 0.6) is 0 Å². The van der Waals surface area contributed by atoms with Crippen molar-refractivity contribution in [2.75, 3.05) is 5.32 Å². The van der Waals surface area contributed by atoms with Gasteiger partial charge in [0, 0.05) is 22.5 Å². The second-order valence-electron chi connectivity index (χ2n) is 8.01. The van der Waals surface area contributed by atoms with Crippen molar-refractivity contribution in [3.05, 3.63) is 129 Å². The van der Waals surface area contributed by atoms with E-state index in [0.29, 0.717) is 27.1 Å². The number of halogens is 2. The van der Waals surface area contributed by atoms with E-state index in [2.05, 4.69) is 5.32 Å². The van der Waals surface area contributed by atoms with Crippen LogP contribution in [0.25, 0.3) is 28.2 Å². The topological polar surface area (TPSA) is 70.8 Å². The average molecular weight is 511 g/mol. The molecule has 0 aliphatic carbocycles. The lowest BCUT2D eigenvalue weighted by atomic mass is 10.0. The van der Waals surface area contributed by atoms with Crippen LogP contribution in [0.15, 0.2) is 108 Å². The molecular formula is C29H20Cl2N4O. The molecule has 0 amide bonds. The maximum atomic E-state index is 13.7. The third kappa shape index (κ3) is 4.67. The Morgan fingerprint density at radius 1 is 0.806 bits per heavy atom. The monoisotopic (exact) mass is 510 g/mol. The van der Waals surface area contributed by atoms with Gasteiger partial charge in [-0.05, 0) is 59.7 Å². The van der Waals surface area contributed by atoms with Gasteiger partial charge in [-0.1, -0.05) is 77.8 Å². The minimum Gasteiger partial charge on any atom is -0.339 e. The van der Waals surface area contributed by atoms with Gasteiger partial charge >= 0.3 is 0 Å². The average Bonchev–Trinajstić information content (AvgIpc) is 2.90. The van der Waals surface area contributed by atoms with E-state index in [1.54, 1.807) is 24.3 Å². The first-order chi connectivity index (χ1) is 17.5. The first-order valence-electron chi connectivity index (χ1n) is 11.2. The first-order valence-corrected chi connectivity index (χ1v) is 11.9. The summed E-state index contributed by atoms with van der Waals surface area (Å²) in [6, 6.07) is 31.8. The van der Waals surface area contributed by atoms with Crippen molar-refractivity contribution in [1.29, 1.82) is 5.41 Å². The number of para-hydroxylation sites is 1. The summed E-state index contributed by atoms with van der Waals surface area (Å²) in [6.45, 7) is 0. The van der Waals surface area contributed by atoms with Gasteiger partial charge in [-0.15, -0.1) is 0 Å². The number of benzene rings is 4. The SMILES string of the molecule is N=Cc1c(Nc2ccccc2)nc(-c2ccc(-c3ccccc3)cc2Cl)n(-c2ccc(Cl)cc2)c1=O. The quantitative estimate of drug-likeness (QED) is 0.231. The Labute approximate surface area is 218 Å². The molecule has 176 valence electrons. The molecule has 36 heavy (non-hydrogen) atoms. The van der Waals surface area contributed by atoms with E-state index in [-0.39, 0.29) is 11.4 Å². The Hall–Kier alpha value is -4.19. The van der Waals surface area contributed by atoms with Crippen LogP contribution in [0, 0.1) is 5.41 Å². The van der Waals surface area contributed by atoms with Crippen LogP contribution in [0.2, 0.25) is 10.0 Å². The zero-order valence-electron chi connectivity index (χ0n) is 19.0. The summed E-state index contributed by atoms with van der Waals surface area (Å²) in [5.41, 5.74) is 3.57. The van der Waals surface area contributed by atoms with Gasteiger partial charge in [-0.25, -0.2) is 4.98 Å². The van der Waals surface area contributed by atoms with E-state index in [9.17, 15) is 4.79 Å². The standard InChI is InChI=1S/C29H20Cl2N4O/c30-21-12-14-23(15-13-21)35-28(24-16-11-20(17-26(24)31)19-7-3-1-4-8-19)34-27(25(18-32)29(35)36)33-22-9-5-2-6-10-22/h1-18,32-33H. The summed E-state index contributed by atoms with van der Waals surface area (Å²) >= 11 is 12.9. The van der Waals surface area contributed by atoms with Gasteiger partial charge in [0.2, 0.25) is 0 Å². The maximum absolute atomic E-state index is 13.7. The van der Waals surface area contributed by atoms with Gasteiger partial charge in [0.15, 0.2) is 5.82 Å². The molecule has 5 nitrogen and oxygen atoms in total. The van der Waals surface area contributed by atoms with Crippen molar-refractivity contribution >= 4 is 40.9 Å². The highest BCUT2D eigenvalue weighted by atomic mass is 35.5. The predicted molar refractivity (Wildman–Crippen MR) is 148 cm³/mol. The van der Waals surface area contributed by atoms with E-state index in [4.69, 9.17) is 33.6 Å². The molecular weight excluding hydrogens is 491 g/mol. The van der Waals surface area contributed by atoms with Crippen molar-refractivity contribution in [1.82, 2.24) is 9.55 Å². The number of hydrogen-bond donors (Lipinski definition) is 2.